The number of benzene rings is 1. The van der Waals surface area contributed by atoms with Gasteiger partial charge in [0.15, 0.2) is 0 Å². The maximum atomic E-state index is 12.3. The molecule has 0 aliphatic rings. The molecule has 0 radical (unpaired) electrons. The first kappa shape index (κ1) is 24.2. The fourth-order valence-electron chi connectivity index (χ4n) is 2.36. The number of amides is 1. The second kappa shape index (κ2) is 10.4. The second-order valence-corrected chi connectivity index (χ2v) is 6.76. The Morgan fingerprint density at radius 2 is 1.85 bits per heavy atom. The molecule has 0 aliphatic carbocycles. The monoisotopic (exact) mass is 399 g/mol. The van der Waals surface area contributed by atoms with Crippen LogP contribution in [-0.2, 0) is 6.61 Å². The molecule has 0 fully saturated rings. The van der Waals surface area contributed by atoms with Gasteiger partial charge in [-0.05, 0) is 57.0 Å². The standard InChI is InChI=1S/C19H25N3O2.2ClH/c1-13-8-16(18(23)22-12-19(3,4)20)9-14(2)17(13)24-11-15-6-5-7-21-10-15;;/h5-10H,11-12,20H2,1-4H3,(H,22,23);2*1H. The molecule has 5 nitrogen and oxygen atoms in total. The number of nitrogens with zero attached hydrogens (tertiary/aromatic N) is 1. The van der Waals surface area contributed by atoms with Crippen LogP contribution in [0.1, 0.15) is 40.9 Å². The Labute approximate surface area is 167 Å². The molecule has 3 N–H and O–H groups in total. The molecule has 1 aromatic carbocycles. The Bertz CT molecular complexity index is 693. The summed E-state index contributed by atoms with van der Waals surface area (Å²) in [4.78, 5) is 16.3. The molecule has 1 heterocycles. The Morgan fingerprint density at radius 1 is 1.23 bits per heavy atom. The van der Waals surface area contributed by atoms with Gasteiger partial charge in [0.25, 0.3) is 5.91 Å². The number of aryl methyl sites for hydroxylation is 2. The average Bonchev–Trinajstić information content (AvgIpc) is 2.52. The highest BCUT2D eigenvalue weighted by atomic mass is 35.5. The minimum atomic E-state index is -0.438. The van der Waals surface area contributed by atoms with E-state index in [1.54, 1.807) is 12.4 Å². The Hall–Kier alpha value is -1.82. The predicted molar refractivity (Wildman–Crippen MR) is 110 cm³/mol. The first-order valence-corrected chi connectivity index (χ1v) is 7.96. The van der Waals surface area contributed by atoms with Gasteiger partial charge < -0.3 is 15.8 Å². The summed E-state index contributed by atoms with van der Waals surface area (Å²) < 4.78 is 5.91. The average molecular weight is 400 g/mol. The van der Waals surface area contributed by atoms with Crippen molar-refractivity contribution in [3.63, 3.8) is 0 Å². The van der Waals surface area contributed by atoms with E-state index in [0.29, 0.717) is 18.7 Å². The Kier molecular flexibility index (Phi) is 9.63. The molecule has 0 atom stereocenters. The lowest BCUT2D eigenvalue weighted by atomic mass is 10.0. The lowest BCUT2D eigenvalue weighted by Crippen LogP contribution is -2.45. The van der Waals surface area contributed by atoms with Crippen molar-refractivity contribution in [3.05, 3.63) is 58.9 Å². The van der Waals surface area contributed by atoms with Crippen molar-refractivity contribution in [2.45, 2.75) is 39.8 Å². The number of halogens is 2. The summed E-state index contributed by atoms with van der Waals surface area (Å²) in [6.45, 7) is 8.49. The molecule has 144 valence electrons. The fraction of sp³-hybridized carbons (Fsp3) is 0.368. The molecule has 1 aromatic heterocycles. The highest BCUT2D eigenvalue weighted by Gasteiger charge is 2.15. The fourth-order valence-corrected chi connectivity index (χ4v) is 2.36. The molecule has 0 aliphatic heterocycles. The lowest BCUT2D eigenvalue weighted by Gasteiger charge is -2.19. The van der Waals surface area contributed by atoms with Gasteiger partial charge in [-0.25, -0.2) is 0 Å². The molecule has 26 heavy (non-hydrogen) atoms. The number of hydrogen-bond donors (Lipinski definition) is 2. The zero-order valence-corrected chi connectivity index (χ0v) is 17.2. The van der Waals surface area contributed by atoms with E-state index in [9.17, 15) is 4.79 Å². The highest BCUT2D eigenvalue weighted by Crippen LogP contribution is 2.25. The number of aromatic nitrogens is 1. The molecular weight excluding hydrogens is 373 g/mol. The smallest absolute Gasteiger partial charge is 0.251 e. The summed E-state index contributed by atoms with van der Waals surface area (Å²) in [5.41, 5.74) is 8.93. The van der Waals surface area contributed by atoms with Crippen molar-refractivity contribution < 1.29 is 9.53 Å². The molecule has 2 aromatic rings. The van der Waals surface area contributed by atoms with E-state index in [2.05, 4.69) is 10.3 Å². The van der Waals surface area contributed by atoms with Gasteiger partial charge in [0.2, 0.25) is 0 Å². The van der Waals surface area contributed by atoms with E-state index >= 15 is 0 Å². The van der Waals surface area contributed by atoms with E-state index in [-0.39, 0.29) is 30.7 Å². The summed E-state index contributed by atoms with van der Waals surface area (Å²) in [5.74, 6) is 0.674. The summed E-state index contributed by atoms with van der Waals surface area (Å²) in [5, 5.41) is 2.86. The molecule has 0 saturated heterocycles. The van der Waals surface area contributed by atoms with E-state index in [1.807, 2.05) is 52.0 Å². The van der Waals surface area contributed by atoms with Gasteiger partial charge in [0, 0.05) is 35.6 Å². The van der Waals surface area contributed by atoms with Gasteiger partial charge in [-0.15, -0.1) is 24.8 Å². The third-order valence-electron chi connectivity index (χ3n) is 3.53. The van der Waals surface area contributed by atoms with Crippen molar-refractivity contribution >= 4 is 30.7 Å². The molecule has 0 bridgehead atoms. The second-order valence-electron chi connectivity index (χ2n) is 6.76. The van der Waals surface area contributed by atoms with Crippen LogP contribution >= 0.6 is 24.8 Å². The van der Waals surface area contributed by atoms with Crippen LogP contribution in [0.5, 0.6) is 5.75 Å². The van der Waals surface area contributed by atoms with Gasteiger partial charge in [0.05, 0.1) is 0 Å². The molecule has 0 saturated carbocycles. The number of pyridine rings is 1. The van der Waals surface area contributed by atoms with Crippen molar-refractivity contribution in [3.8, 4) is 5.75 Å². The molecule has 1 amide bonds. The molecule has 7 heteroatoms. The van der Waals surface area contributed by atoms with Crippen LogP contribution in [0.15, 0.2) is 36.7 Å². The van der Waals surface area contributed by atoms with Gasteiger partial charge in [0.1, 0.15) is 12.4 Å². The lowest BCUT2D eigenvalue weighted by molar-refractivity contribution is 0.0946. The number of hydrogen-bond acceptors (Lipinski definition) is 4. The number of ether oxygens (including phenoxy) is 1. The third-order valence-corrected chi connectivity index (χ3v) is 3.53. The Balaban J connectivity index is 0.00000312. The largest absolute Gasteiger partial charge is 0.488 e. The first-order chi connectivity index (χ1) is 11.3. The summed E-state index contributed by atoms with van der Waals surface area (Å²) in [6.07, 6.45) is 3.51. The van der Waals surface area contributed by atoms with Crippen LogP contribution in [0.4, 0.5) is 0 Å². The molecule has 2 rings (SSSR count). The zero-order chi connectivity index (χ0) is 17.7. The van der Waals surface area contributed by atoms with E-state index in [1.165, 1.54) is 0 Å². The van der Waals surface area contributed by atoms with E-state index in [4.69, 9.17) is 10.5 Å². The van der Waals surface area contributed by atoms with Crippen molar-refractivity contribution in [1.82, 2.24) is 10.3 Å². The number of rotatable bonds is 6. The van der Waals surface area contributed by atoms with Gasteiger partial charge in [-0.1, -0.05) is 6.07 Å². The molecular formula is C19H27Cl2N3O2. The number of nitrogens with two attached hydrogens (primary N) is 1. The maximum Gasteiger partial charge on any atom is 0.251 e. The highest BCUT2D eigenvalue weighted by molar-refractivity contribution is 5.95. The van der Waals surface area contributed by atoms with Crippen LogP contribution in [0.2, 0.25) is 0 Å². The van der Waals surface area contributed by atoms with Gasteiger partial charge in [-0.3, -0.25) is 9.78 Å². The van der Waals surface area contributed by atoms with Crippen LogP contribution in [-0.4, -0.2) is 23.0 Å². The van der Waals surface area contributed by atoms with Crippen LogP contribution in [0.25, 0.3) is 0 Å². The molecule has 0 spiro atoms. The summed E-state index contributed by atoms with van der Waals surface area (Å²) in [6, 6.07) is 7.52. The van der Waals surface area contributed by atoms with Crippen molar-refractivity contribution in [2.75, 3.05) is 6.54 Å². The SMILES string of the molecule is Cc1cc(C(=O)NCC(C)(C)N)cc(C)c1OCc1cccnc1.Cl.Cl. The zero-order valence-electron chi connectivity index (χ0n) is 15.5. The minimum Gasteiger partial charge on any atom is -0.488 e. The van der Waals surface area contributed by atoms with Crippen LogP contribution < -0.4 is 15.8 Å². The third kappa shape index (κ3) is 7.20. The maximum absolute atomic E-state index is 12.3. The summed E-state index contributed by atoms with van der Waals surface area (Å²) >= 11 is 0. The predicted octanol–water partition coefficient (Wildman–Crippen LogP) is 3.59. The minimum absolute atomic E-state index is 0. The topological polar surface area (TPSA) is 77.2 Å². The van der Waals surface area contributed by atoms with Crippen molar-refractivity contribution in [2.24, 2.45) is 5.73 Å². The quantitative estimate of drug-likeness (QED) is 0.777. The van der Waals surface area contributed by atoms with Crippen LogP contribution in [0, 0.1) is 13.8 Å². The normalized spacial score (nSPS) is 10.3. The van der Waals surface area contributed by atoms with Gasteiger partial charge >= 0.3 is 0 Å². The van der Waals surface area contributed by atoms with Gasteiger partial charge in [-0.2, -0.15) is 0 Å². The first-order valence-electron chi connectivity index (χ1n) is 7.96. The number of carbonyl (C=O) groups is 1. The summed E-state index contributed by atoms with van der Waals surface area (Å²) in [7, 11) is 0. The van der Waals surface area contributed by atoms with E-state index < -0.39 is 5.54 Å². The van der Waals surface area contributed by atoms with E-state index in [0.717, 1.165) is 22.4 Å². The molecule has 0 unspecified atom stereocenters. The Morgan fingerprint density at radius 3 is 2.35 bits per heavy atom. The number of nitrogens with one attached hydrogen (secondary N) is 1. The van der Waals surface area contributed by atoms with Crippen LogP contribution in [0.3, 0.4) is 0 Å². The number of carbonyl (C=O) groups excluding carboxylic acids is 1. The van der Waals surface area contributed by atoms with Crippen molar-refractivity contribution in [1.29, 1.82) is 0 Å².